The maximum Gasteiger partial charge on any atom is 0.341 e. The molecule has 0 aliphatic rings. The minimum absolute atomic E-state index is 0.120. The van der Waals surface area contributed by atoms with Crippen LogP contribution in [0.1, 0.15) is 5.69 Å². The first kappa shape index (κ1) is 17.6. The lowest BCUT2D eigenvalue weighted by Gasteiger charge is -2.05. The SMILES string of the molecule is Cc1cc([N+](=O)[O-])c(OCC(=O)O)c[n+]1[O-].[O-][n+]1ccccc1. The summed E-state index contributed by atoms with van der Waals surface area (Å²) in [5.41, 5.74) is -0.319. The number of carbonyl (C=O) groups is 1. The molecular formula is C13H13N3O7. The number of hydrogen-bond acceptors (Lipinski definition) is 6. The summed E-state index contributed by atoms with van der Waals surface area (Å²) in [7, 11) is 0. The smallest absolute Gasteiger partial charge is 0.341 e. The molecule has 2 heterocycles. The van der Waals surface area contributed by atoms with Crippen molar-refractivity contribution in [1.82, 2.24) is 0 Å². The Morgan fingerprint density at radius 3 is 2.35 bits per heavy atom. The van der Waals surface area contributed by atoms with E-state index in [1.54, 1.807) is 18.2 Å². The van der Waals surface area contributed by atoms with Gasteiger partial charge in [0.15, 0.2) is 24.7 Å². The molecule has 0 fully saturated rings. The predicted octanol–water partition coefficient (Wildman–Crippen LogP) is 0.320. The third-order valence-electron chi connectivity index (χ3n) is 2.42. The zero-order valence-electron chi connectivity index (χ0n) is 12.0. The molecule has 122 valence electrons. The molecule has 0 unspecified atom stereocenters. The number of carboxylic acids is 1. The summed E-state index contributed by atoms with van der Waals surface area (Å²) in [6.07, 6.45) is 3.72. The Bertz CT molecular complexity index is 691. The Labute approximate surface area is 130 Å². The van der Waals surface area contributed by atoms with E-state index in [2.05, 4.69) is 4.74 Å². The van der Waals surface area contributed by atoms with Gasteiger partial charge in [0, 0.05) is 19.1 Å². The second kappa shape index (κ2) is 8.12. The molecule has 1 N–H and O–H groups in total. The summed E-state index contributed by atoms with van der Waals surface area (Å²) < 4.78 is 5.75. The number of rotatable bonds is 4. The zero-order chi connectivity index (χ0) is 17.4. The second-order valence-corrected chi connectivity index (χ2v) is 4.17. The van der Waals surface area contributed by atoms with Crippen LogP contribution >= 0.6 is 0 Å². The standard InChI is InChI=1S/C8H8N2O6.C5H5NO/c1-5-2-6(10(14)15)7(3-9(5)13)16-4-8(11)12;7-6-4-2-1-3-5-6/h2-3H,4H2,1H3,(H,11,12);1-5H. The number of pyridine rings is 2. The molecule has 0 radical (unpaired) electrons. The van der Waals surface area contributed by atoms with Crippen molar-refractivity contribution in [2.45, 2.75) is 6.92 Å². The largest absolute Gasteiger partial charge is 0.619 e. The van der Waals surface area contributed by atoms with Crippen LogP contribution in [0.4, 0.5) is 5.69 Å². The summed E-state index contributed by atoms with van der Waals surface area (Å²) in [4.78, 5) is 20.1. The van der Waals surface area contributed by atoms with E-state index in [1.807, 2.05) is 0 Å². The van der Waals surface area contributed by atoms with E-state index in [-0.39, 0.29) is 11.4 Å². The number of ether oxygens (including phenoxy) is 1. The van der Waals surface area contributed by atoms with Crippen LogP contribution in [0, 0.1) is 27.5 Å². The molecule has 0 saturated carbocycles. The molecule has 23 heavy (non-hydrogen) atoms. The monoisotopic (exact) mass is 323 g/mol. The van der Waals surface area contributed by atoms with Crippen LogP contribution < -0.4 is 14.2 Å². The fourth-order valence-electron chi connectivity index (χ4n) is 1.38. The lowest BCUT2D eigenvalue weighted by Crippen LogP contribution is -2.30. The summed E-state index contributed by atoms with van der Waals surface area (Å²) >= 11 is 0. The molecule has 0 atom stereocenters. The van der Waals surface area contributed by atoms with Crippen LogP contribution in [0.2, 0.25) is 0 Å². The van der Waals surface area contributed by atoms with Gasteiger partial charge in [0.2, 0.25) is 6.20 Å². The number of hydrogen-bond donors (Lipinski definition) is 1. The number of aromatic nitrogens is 2. The van der Waals surface area contributed by atoms with Gasteiger partial charge in [-0.3, -0.25) is 10.1 Å². The lowest BCUT2D eigenvalue weighted by atomic mass is 10.3. The van der Waals surface area contributed by atoms with E-state index < -0.39 is 23.2 Å². The molecule has 2 rings (SSSR count). The van der Waals surface area contributed by atoms with Gasteiger partial charge in [0.25, 0.3) is 5.75 Å². The third kappa shape index (κ3) is 5.83. The van der Waals surface area contributed by atoms with Crippen LogP contribution in [-0.4, -0.2) is 22.6 Å². The van der Waals surface area contributed by atoms with Crippen molar-refractivity contribution in [3.8, 4) is 5.75 Å². The number of carboxylic acid groups (broad SMARTS) is 1. The Morgan fingerprint density at radius 1 is 1.30 bits per heavy atom. The van der Waals surface area contributed by atoms with E-state index in [0.29, 0.717) is 4.73 Å². The quantitative estimate of drug-likeness (QED) is 0.369. The van der Waals surface area contributed by atoms with Gasteiger partial charge < -0.3 is 20.3 Å². The van der Waals surface area contributed by atoms with Gasteiger partial charge in [-0.2, -0.15) is 9.46 Å². The van der Waals surface area contributed by atoms with Gasteiger partial charge in [-0.05, 0) is 0 Å². The fraction of sp³-hybridized carbons (Fsp3) is 0.154. The fourth-order valence-corrected chi connectivity index (χ4v) is 1.38. The molecule has 10 nitrogen and oxygen atoms in total. The van der Waals surface area contributed by atoms with E-state index in [1.165, 1.54) is 19.3 Å². The Kier molecular flexibility index (Phi) is 6.22. The molecule has 0 bridgehead atoms. The highest BCUT2D eigenvalue weighted by molar-refractivity contribution is 5.68. The van der Waals surface area contributed by atoms with Gasteiger partial charge in [-0.1, -0.05) is 6.07 Å². The second-order valence-electron chi connectivity index (χ2n) is 4.17. The molecule has 10 heteroatoms. The van der Waals surface area contributed by atoms with Crippen molar-refractivity contribution < 1.29 is 29.0 Å². The van der Waals surface area contributed by atoms with Crippen LogP contribution in [0.3, 0.4) is 0 Å². The molecule has 0 saturated heterocycles. The topological polar surface area (TPSA) is 144 Å². The number of aliphatic carboxylic acids is 1. The van der Waals surface area contributed by atoms with Gasteiger partial charge >= 0.3 is 11.7 Å². The van der Waals surface area contributed by atoms with Crippen LogP contribution in [0.15, 0.2) is 42.9 Å². The zero-order valence-corrected chi connectivity index (χ0v) is 12.0. The van der Waals surface area contributed by atoms with Gasteiger partial charge in [-0.15, -0.1) is 0 Å². The first-order valence-corrected chi connectivity index (χ1v) is 6.18. The summed E-state index contributed by atoms with van der Waals surface area (Å²) in [5, 5.41) is 40.3. The molecular weight excluding hydrogens is 310 g/mol. The van der Waals surface area contributed by atoms with Gasteiger partial charge in [0.1, 0.15) is 0 Å². The Morgan fingerprint density at radius 2 is 1.91 bits per heavy atom. The average molecular weight is 323 g/mol. The van der Waals surface area contributed by atoms with E-state index in [0.717, 1.165) is 17.0 Å². The molecule has 2 aromatic heterocycles. The highest BCUT2D eigenvalue weighted by Crippen LogP contribution is 2.25. The van der Waals surface area contributed by atoms with E-state index in [4.69, 9.17) is 5.11 Å². The molecule has 0 aliphatic heterocycles. The van der Waals surface area contributed by atoms with Crippen molar-refractivity contribution in [1.29, 1.82) is 0 Å². The highest BCUT2D eigenvalue weighted by Gasteiger charge is 2.21. The molecule has 0 aliphatic carbocycles. The van der Waals surface area contributed by atoms with Crippen LogP contribution in [0.25, 0.3) is 0 Å². The Hall–Kier alpha value is -3.43. The first-order chi connectivity index (χ1) is 10.8. The first-order valence-electron chi connectivity index (χ1n) is 6.18. The summed E-state index contributed by atoms with van der Waals surface area (Å²) in [6.45, 7) is 0.644. The minimum atomic E-state index is -1.28. The molecule has 0 aromatic carbocycles. The van der Waals surface area contributed by atoms with Crippen molar-refractivity contribution in [2.24, 2.45) is 0 Å². The van der Waals surface area contributed by atoms with Crippen LogP contribution in [-0.2, 0) is 4.79 Å². The maximum atomic E-state index is 11.1. The molecule has 0 amide bonds. The number of nitro groups is 1. The molecule has 0 spiro atoms. The van der Waals surface area contributed by atoms with Crippen molar-refractivity contribution in [3.63, 3.8) is 0 Å². The van der Waals surface area contributed by atoms with Crippen molar-refractivity contribution in [2.75, 3.05) is 6.61 Å². The number of aryl methyl sites for hydroxylation is 1. The normalized spacial score (nSPS) is 9.43. The van der Waals surface area contributed by atoms with E-state index >= 15 is 0 Å². The van der Waals surface area contributed by atoms with Crippen molar-refractivity contribution >= 4 is 11.7 Å². The minimum Gasteiger partial charge on any atom is -0.619 e. The van der Waals surface area contributed by atoms with Gasteiger partial charge in [-0.25, -0.2) is 4.79 Å². The summed E-state index contributed by atoms with van der Waals surface area (Å²) in [5.74, 6) is -1.65. The number of nitrogens with zero attached hydrogens (tertiary/aromatic N) is 3. The average Bonchev–Trinajstić information content (AvgIpc) is 2.49. The van der Waals surface area contributed by atoms with Crippen molar-refractivity contribution in [3.05, 3.63) is 69.1 Å². The predicted molar refractivity (Wildman–Crippen MR) is 75.3 cm³/mol. The Balaban J connectivity index is 0.000000313. The van der Waals surface area contributed by atoms with Gasteiger partial charge in [0.05, 0.1) is 11.0 Å². The third-order valence-corrected chi connectivity index (χ3v) is 2.42. The van der Waals surface area contributed by atoms with Crippen LogP contribution in [0.5, 0.6) is 5.75 Å². The highest BCUT2D eigenvalue weighted by atomic mass is 16.6. The lowest BCUT2D eigenvalue weighted by molar-refractivity contribution is -0.613. The molecule has 2 aromatic rings. The van der Waals surface area contributed by atoms with E-state index in [9.17, 15) is 25.3 Å². The summed E-state index contributed by atoms with van der Waals surface area (Å²) in [6, 6.07) is 6.19. The maximum absolute atomic E-state index is 11.1.